The van der Waals surface area contributed by atoms with E-state index in [9.17, 15) is 0 Å². The van der Waals surface area contributed by atoms with Crippen LogP contribution in [0.3, 0.4) is 0 Å². The van der Waals surface area contributed by atoms with Gasteiger partial charge in [-0.3, -0.25) is 0 Å². The van der Waals surface area contributed by atoms with Gasteiger partial charge in [0.15, 0.2) is 0 Å². The molecular weight excluding hydrogens is 272 g/mol. The molecule has 0 atom stereocenters. The van der Waals surface area contributed by atoms with Crippen LogP contribution in [0.1, 0.15) is 37.0 Å². The molecule has 0 fully saturated rings. The van der Waals surface area contributed by atoms with Gasteiger partial charge in [-0.25, -0.2) is 4.98 Å². The third-order valence-corrected chi connectivity index (χ3v) is 4.96. The highest BCUT2D eigenvalue weighted by Crippen LogP contribution is 2.29. The lowest BCUT2D eigenvalue weighted by atomic mass is 9.93. The van der Waals surface area contributed by atoms with Gasteiger partial charge in [0.1, 0.15) is 5.01 Å². The smallest absolute Gasteiger partial charge is 0.103 e. The van der Waals surface area contributed by atoms with Crippen LogP contribution >= 0.6 is 23.1 Å². The quantitative estimate of drug-likeness (QED) is 0.662. The minimum Gasteiger partial charge on any atom is -0.399 e. The van der Waals surface area contributed by atoms with Gasteiger partial charge >= 0.3 is 0 Å². The van der Waals surface area contributed by atoms with E-state index < -0.39 is 0 Å². The number of hydrogen-bond donors (Lipinski definition) is 1. The Morgan fingerprint density at radius 1 is 1.32 bits per heavy atom. The summed E-state index contributed by atoms with van der Waals surface area (Å²) < 4.78 is 0. The second-order valence-corrected chi connectivity index (χ2v) is 7.67. The maximum atomic E-state index is 5.83. The molecule has 0 aliphatic heterocycles. The summed E-state index contributed by atoms with van der Waals surface area (Å²) in [7, 11) is 0. The number of nitrogens with two attached hydrogens (primary N) is 1. The number of thiazole rings is 1. The van der Waals surface area contributed by atoms with E-state index in [0.717, 1.165) is 17.0 Å². The number of aryl methyl sites for hydroxylation is 1. The van der Waals surface area contributed by atoms with Crippen molar-refractivity contribution in [3.8, 4) is 0 Å². The molecule has 102 valence electrons. The third kappa shape index (κ3) is 3.74. The molecule has 0 saturated carbocycles. The van der Waals surface area contributed by atoms with E-state index in [-0.39, 0.29) is 5.41 Å². The topological polar surface area (TPSA) is 38.9 Å². The number of anilines is 1. The van der Waals surface area contributed by atoms with E-state index in [1.807, 2.05) is 24.8 Å². The highest BCUT2D eigenvalue weighted by Gasteiger charge is 2.17. The van der Waals surface area contributed by atoms with Crippen molar-refractivity contribution in [1.29, 1.82) is 0 Å². The van der Waals surface area contributed by atoms with Crippen LogP contribution in [0.25, 0.3) is 0 Å². The van der Waals surface area contributed by atoms with Gasteiger partial charge in [-0.2, -0.15) is 0 Å². The van der Waals surface area contributed by atoms with E-state index in [1.165, 1.54) is 15.6 Å². The maximum Gasteiger partial charge on any atom is 0.103 e. The van der Waals surface area contributed by atoms with E-state index in [1.54, 1.807) is 11.3 Å². The lowest BCUT2D eigenvalue weighted by molar-refractivity contribution is 0.572. The SMILES string of the molecule is Cc1cc(SCc2nc(C(C)(C)C)cs2)ccc1N. The summed E-state index contributed by atoms with van der Waals surface area (Å²) in [6.07, 6.45) is 0. The van der Waals surface area contributed by atoms with Gasteiger partial charge in [0.05, 0.1) is 11.4 Å². The molecule has 19 heavy (non-hydrogen) atoms. The van der Waals surface area contributed by atoms with Crippen LogP contribution in [0, 0.1) is 6.92 Å². The van der Waals surface area contributed by atoms with Crippen LogP contribution in [0.15, 0.2) is 28.5 Å². The van der Waals surface area contributed by atoms with Crippen molar-refractivity contribution >= 4 is 28.8 Å². The third-order valence-electron chi connectivity index (χ3n) is 2.92. The standard InChI is InChI=1S/C15H20N2S2/c1-10-7-11(5-6-12(10)16)18-9-14-17-13(8-19-14)15(2,3)4/h5-8H,9,16H2,1-4H3. The van der Waals surface area contributed by atoms with Gasteiger partial charge in [-0.15, -0.1) is 23.1 Å². The Labute approximate surface area is 123 Å². The largest absolute Gasteiger partial charge is 0.399 e. The molecule has 0 aliphatic rings. The molecule has 0 unspecified atom stereocenters. The first-order valence-electron chi connectivity index (χ1n) is 6.30. The molecule has 2 nitrogen and oxygen atoms in total. The van der Waals surface area contributed by atoms with Crippen molar-refractivity contribution in [2.45, 2.75) is 43.8 Å². The fourth-order valence-corrected chi connectivity index (χ4v) is 3.64. The summed E-state index contributed by atoms with van der Waals surface area (Å²) in [4.78, 5) is 5.96. The lowest BCUT2D eigenvalue weighted by Gasteiger charge is -2.14. The van der Waals surface area contributed by atoms with Crippen LogP contribution in [0.2, 0.25) is 0 Å². The van der Waals surface area contributed by atoms with Gasteiger partial charge in [0.2, 0.25) is 0 Å². The second kappa shape index (κ2) is 5.55. The Balaban J connectivity index is 2.02. The van der Waals surface area contributed by atoms with Gasteiger partial charge in [0.25, 0.3) is 0 Å². The predicted molar refractivity (Wildman–Crippen MR) is 86.0 cm³/mol. The van der Waals surface area contributed by atoms with Gasteiger partial charge < -0.3 is 5.73 Å². The highest BCUT2D eigenvalue weighted by molar-refractivity contribution is 7.98. The zero-order chi connectivity index (χ0) is 14.0. The number of hydrogen-bond acceptors (Lipinski definition) is 4. The molecule has 0 aliphatic carbocycles. The molecule has 2 aromatic rings. The summed E-state index contributed by atoms with van der Waals surface area (Å²) in [6.45, 7) is 8.63. The second-order valence-electron chi connectivity index (χ2n) is 5.68. The highest BCUT2D eigenvalue weighted by atomic mass is 32.2. The molecule has 4 heteroatoms. The van der Waals surface area contributed by atoms with Crippen LogP contribution in [0.5, 0.6) is 0 Å². The first-order valence-corrected chi connectivity index (χ1v) is 8.16. The molecule has 2 rings (SSSR count). The normalized spacial score (nSPS) is 11.8. The van der Waals surface area contributed by atoms with E-state index in [2.05, 4.69) is 38.3 Å². The molecule has 1 heterocycles. The predicted octanol–water partition coefficient (Wildman–Crippen LogP) is 4.62. The van der Waals surface area contributed by atoms with Gasteiger partial charge in [-0.05, 0) is 30.7 Å². The van der Waals surface area contributed by atoms with Gasteiger partial charge in [0, 0.05) is 21.4 Å². The Morgan fingerprint density at radius 3 is 2.63 bits per heavy atom. The van der Waals surface area contributed by atoms with Crippen LogP contribution in [-0.4, -0.2) is 4.98 Å². The number of aromatic nitrogens is 1. The van der Waals surface area contributed by atoms with Crippen LogP contribution in [0.4, 0.5) is 5.69 Å². The first kappa shape index (κ1) is 14.4. The number of nitrogens with zero attached hydrogens (tertiary/aromatic N) is 1. The molecule has 2 N–H and O–H groups in total. The molecule has 0 saturated heterocycles. The van der Waals surface area contributed by atoms with Crippen molar-refractivity contribution in [2.75, 3.05) is 5.73 Å². The Morgan fingerprint density at radius 2 is 2.05 bits per heavy atom. The Bertz CT molecular complexity index is 568. The van der Waals surface area contributed by atoms with Crippen molar-refractivity contribution in [3.63, 3.8) is 0 Å². The fourth-order valence-electron chi connectivity index (χ4n) is 1.60. The maximum absolute atomic E-state index is 5.83. The van der Waals surface area contributed by atoms with Gasteiger partial charge in [-0.1, -0.05) is 20.8 Å². The number of thioether (sulfide) groups is 1. The molecule has 1 aromatic carbocycles. The summed E-state index contributed by atoms with van der Waals surface area (Å²) in [5.41, 5.74) is 9.14. The molecule has 0 radical (unpaired) electrons. The van der Waals surface area contributed by atoms with Crippen molar-refractivity contribution in [3.05, 3.63) is 39.8 Å². The summed E-state index contributed by atoms with van der Waals surface area (Å²) in [5.74, 6) is 0.921. The average molecular weight is 292 g/mol. The van der Waals surface area contributed by atoms with E-state index in [4.69, 9.17) is 10.7 Å². The molecule has 0 spiro atoms. The summed E-state index contributed by atoms with van der Waals surface area (Å²) in [5, 5.41) is 3.36. The monoisotopic (exact) mass is 292 g/mol. The van der Waals surface area contributed by atoms with Crippen molar-refractivity contribution in [1.82, 2.24) is 4.98 Å². The molecule has 0 bridgehead atoms. The molecule has 1 aromatic heterocycles. The fraction of sp³-hybridized carbons (Fsp3) is 0.400. The van der Waals surface area contributed by atoms with Crippen LogP contribution < -0.4 is 5.73 Å². The Kier molecular flexibility index (Phi) is 4.21. The molecule has 0 amide bonds. The zero-order valence-electron chi connectivity index (χ0n) is 11.9. The summed E-state index contributed by atoms with van der Waals surface area (Å²) >= 11 is 3.56. The number of benzene rings is 1. The van der Waals surface area contributed by atoms with E-state index in [0.29, 0.717) is 0 Å². The Hall–Kier alpha value is -1.00. The van der Waals surface area contributed by atoms with Crippen LogP contribution in [-0.2, 0) is 11.2 Å². The first-order chi connectivity index (χ1) is 8.86. The van der Waals surface area contributed by atoms with Crippen molar-refractivity contribution in [2.24, 2.45) is 0 Å². The molecular formula is C15H20N2S2. The lowest BCUT2D eigenvalue weighted by Crippen LogP contribution is -2.11. The minimum absolute atomic E-state index is 0.136. The van der Waals surface area contributed by atoms with E-state index >= 15 is 0 Å². The number of rotatable bonds is 3. The number of nitrogen functional groups attached to an aromatic ring is 1. The van der Waals surface area contributed by atoms with Crippen molar-refractivity contribution < 1.29 is 0 Å². The zero-order valence-corrected chi connectivity index (χ0v) is 13.5. The average Bonchev–Trinajstić information content (AvgIpc) is 2.79. The minimum atomic E-state index is 0.136. The summed E-state index contributed by atoms with van der Waals surface area (Å²) in [6, 6.07) is 6.18.